The van der Waals surface area contributed by atoms with Gasteiger partial charge < -0.3 is 14.8 Å². The Morgan fingerprint density at radius 3 is 2.75 bits per heavy atom. The highest BCUT2D eigenvalue weighted by atomic mass is 79.9. The van der Waals surface area contributed by atoms with E-state index in [1.54, 1.807) is 6.92 Å². The van der Waals surface area contributed by atoms with Gasteiger partial charge in [0.25, 0.3) is 0 Å². The largest absolute Gasteiger partial charge is 0.510 e. The molecule has 6 heteroatoms. The third kappa shape index (κ3) is 3.84. The number of hydrogen-bond acceptors (Lipinski definition) is 4. The summed E-state index contributed by atoms with van der Waals surface area (Å²) < 4.78 is 11.3. The molecule has 2 unspecified atom stereocenters. The van der Waals surface area contributed by atoms with E-state index in [1.165, 1.54) is 0 Å². The Kier molecular flexibility index (Phi) is 5.31. The Balaban J connectivity index is 1.92. The summed E-state index contributed by atoms with van der Waals surface area (Å²) in [6, 6.07) is 13.8. The molecule has 2 atom stereocenters. The molecule has 1 heterocycles. The van der Waals surface area contributed by atoms with Crippen molar-refractivity contribution in [1.29, 1.82) is 0 Å². The maximum Gasteiger partial charge on any atom is 0.510 e. The number of fused-ring (bicyclic) bond motifs is 1. The Bertz CT molecular complexity index is 736. The van der Waals surface area contributed by atoms with Gasteiger partial charge in [-0.2, -0.15) is 0 Å². The number of carbonyl (C=O) groups is 1. The van der Waals surface area contributed by atoms with Crippen molar-refractivity contribution in [3.63, 3.8) is 0 Å². The van der Waals surface area contributed by atoms with Crippen LogP contribution in [-0.2, 0) is 9.47 Å². The second-order valence-electron chi connectivity index (χ2n) is 5.51. The standard InChI is InChI=1S/C18H17BrClNO3/c1-2-23-18(22)24-17-10-14(11-3-5-12(19)6-4-11)15-9-13(20)7-8-16(15)21-17/h3-9,14,17,21H,2,10H2,1H3. The van der Waals surface area contributed by atoms with Crippen molar-refractivity contribution >= 4 is 39.4 Å². The summed E-state index contributed by atoms with van der Waals surface area (Å²) in [4.78, 5) is 11.7. The lowest BCUT2D eigenvalue weighted by Crippen LogP contribution is -2.33. The van der Waals surface area contributed by atoms with Gasteiger partial charge in [-0.15, -0.1) is 0 Å². The molecular weight excluding hydrogens is 394 g/mol. The van der Waals surface area contributed by atoms with Gasteiger partial charge in [0.2, 0.25) is 0 Å². The minimum atomic E-state index is -0.665. The van der Waals surface area contributed by atoms with E-state index in [0.717, 1.165) is 21.3 Å². The van der Waals surface area contributed by atoms with Crippen molar-refractivity contribution in [1.82, 2.24) is 0 Å². The molecule has 0 saturated heterocycles. The molecule has 4 nitrogen and oxygen atoms in total. The minimum absolute atomic E-state index is 0.0764. The molecule has 0 aliphatic carbocycles. The normalized spacial score (nSPS) is 19.1. The Morgan fingerprint density at radius 1 is 1.29 bits per heavy atom. The van der Waals surface area contributed by atoms with Crippen LogP contribution >= 0.6 is 27.5 Å². The quantitative estimate of drug-likeness (QED) is 0.674. The van der Waals surface area contributed by atoms with Gasteiger partial charge in [0.15, 0.2) is 6.23 Å². The lowest BCUT2D eigenvalue weighted by atomic mass is 9.84. The number of benzene rings is 2. The summed E-state index contributed by atoms with van der Waals surface area (Å²) >= 11 is 9.63. The highest BCUT2D eigenvalue weighted by Crippen LogP contribution is 2.40. The third-order valence-corrected chi connectivity index (χ3v) is 4.69. The molecule has 0 amide bonds. The molecule has 0 radical (unpaired) electrons. The van der Waals surface area contributed by atoms with Crippen LogP contribution in [0.25, 0.3) is 0 Å². The molecule has 0 saturated carbocycles. The fourth-order valence-corrected chi connectivity index (χ4v) is 3.33. The number of ether oxygens (including phenoxy) is 2. The highest BCUT2D eigenvalue weighted by Gasteiger charge is 2.30. The minimum Gasteiger partial charge on any atom is -0.435 e. The van der Waals surface area contributed by atoms with Gasteiger partial charge in [-0.3, -0.25) is 0 Å². The van der Waals surface area contributed by atoms with E-state index in [2.05, 4.69) is 33.4 Å². The molecule has 0 fully saturated rings. The molecule has 0 aromatic heterocycles. The van der Waals surface area contributed by atoms with Crippen molar-refractivity contribution in [3.8, 4) is 0 Å². The van der Waals surface area contributed by atoms with Crippen LogP contribution in [0.5, 0.6) is 0 Å². The molecule has 0 spiro atoms. The smallest absolute Gasteiger partial charge is 0.435 e. The van der Waals surface area contributed by atoms with E-state index >= 15 is 0 Å². The SMILES string of the molecule is CCOC(=O)OC1CC(c2ccc(Br)cc2)c2cc(Cl)ccc2N1. The van der Waals surface area contributed by atoms with E-state index in [0.29, 0.717) is 11.4 Å². The lowest BCUT2D eigenvalue weighted by molar-refractivity contribution is 0.0301. The fraction of sp³-hybridized carbons (Fsp3) is 0.278. The first-order valence-electron chi connectivity index (χ1n) is 7.71. The first-order valence-corrected chi connectivity index (χ1v) is 8.88. The molecular formula is C18H17BrClNO3. The van der Waals surface area contributed by atoms with Crippen molar-refractivity contribution in [3.05, 3.63) is 63.1 Å². The van der Waals surface area contributed by atoms with E-state index in [1.807, 2.05) is 30.3 Å². The van der Waals surface area contributed by atoms with Gasteiger partial charge in [0, 0.05) is 27.5 Å². The fourth-order valence-electron chi connectivity index (χ4n) is 2.88. The Labute approximate surface area is 154 Å². The first kappa shape index (κ1) is 17.1. The second kappa shape index (κ2) is 7.45. The first-order chi connectivity index (χ1) is 11.6. The molecule has 1 aliphatic rings. The molecule has 0 bridgehead atoms. The average molecular weight is 411 g/mol. The number of nitrogens with one attached hydrogen (secondary N) is 1. The van der Waals surface area contributed by atoms with Crippen molar-refractivity contribution < 1.29 is 14.3 Å². The van der Waals surface area contributed by atoms with E-state index < -0.39 is 12.4 Å². The van der Waals surface area contributed by atoms with Crippen LogP contribution in [0.1, 0.15) is 30.4 Å². The number of hydrogen-bond donors (Lipinski definition) is 1. The van der Waals surface area contributed by atoms with Gasteiger partial charge in [-0.05, 0) is 48.4 Å². The zero-order chi connectivity index (χ0) is 17.1. The Hall–Kier alpha value is -1.72. The van der Waals surface area contributed by atoms with Crippen LogP contribution < -0.4 is 5.32 Å². The zero-order valence-electron chi connectivity index (χ0n) is 13.1. The summed E-state index contributed by atoms with van der Waals surface area (Å²) in [5.74, 6) is 0.0764. The number of rotatable bonds is 3. The summed E-state index contributed by atoms with van der Waals surface area (Å²) in [5, 5.41) is 3.92. The molecule has 1 aliphatic heterocycles. The predicted molar refractivity (Wildman–Crippen MR) is 97.6 cm³/mol. The monoisotopic (exact) mass is 409 g/mol. The summed E-state index contributed by atoms with van der Waals surface area (Å²) in [5.41, 5.74) is 3.14. The van der Waals surface area contributed by atoms with Gasteiger partial charge >= 0.3 is 6.16 Å². The van der Waals surface area contributed by atoms with Crippen LogP contribution in [-0.4, -0.2) is 19.0 Å². The third-order valence-electron chi connectivity index (χ3n) is 3.93. The van der Waals surface area contributed by atoms with Crippen molar-refractivity contribution in [2.45, 2.75) is 25.5 Å². The topological polar surface area (TPSA) is 47.6 Å². The number of carbonyl (C=O) groups excluding carboxylic acids is 1. The molecule has 1 N–H and O–H groups in total. The molecule has 24 heavy (non-hydrogen) atoms. The van der Waals surface area contributed by atoms with Crippen LogP contribution in [0.4, 0.5) is 10.5 Å². The van der Waals surface area contributed by atoms with Gasteiger partial charge in [0.1, 0.15) is 0 Å². The molecule has 2 aromatic carbocycles. The van der Waals surface area contributed by atoms with E-state index in [9.17, 15) is 4.79 Å². The highest BCUT2D eigenvalue weighted by molar-refractivity contribution is 9.10. The summed E-state index contributed by atoms with van der Waals surface area (Å²) in [6.07, 6.45) is -0.512. The van der Waals surface area contributed by atoms with Crippen molar-refractivity contribution in [2.24, 2.45) is 0 Å². The van der Waals surface area contributed by atoms with Crippen LogP contribution in [0, 0.1) is 0 Å². The van der Waals surface area contributed by atoms with E-state index in [4.69, 9.17) is 21.1 Å². The molecule has 3 rings (SSSR count). The van der Waals surface area contributed by atoms with Crippen molar-refractivity contribution in [2.75, 3.05) is 11.9 Å². The maximum absolute atomic E-state index is 11.7. The summed E-state index contributed by atoms with van der Waals surface area (Å²) in [7, 11) is 0. The van der Waals surface area contributed by atoms with E-state index in [-0.39, 0.29) is 12.5 Å². The zero-order valence-corrected chi connectivity index (χ0v) is 15.4. The van der Waals surface area contributed by atoms with Crippen LogP contribution in [0.3, 0.4) is 0 Å². The molecule has 126 valence electrons. The van der Waals surface area contributed by atoms with Gasteiger partial charge in [-0.1, -0.05) is 39.7 Å². The number of anilines is 1. The average Bonchev–Trinajstić information content (AvgIpc) is 2.55. The lowest BCUT2D eigenvalue weighted by Gasteiger charge is -2.33. The Morgan fingerprint density at radius 2 is 2.04 bits per heavy atom. The maximum atomic E-state index is 11.7. The second-order valence-corrected chi connectivity index (χ2v) is 6.86. The number of halogens is 2. The summed E-state index contributed by atoms with van der Waals surface area (Å²) in [6.45, 7) is 2.03. The molecule has 2 aromatic rings. The van der Waals surface area contributed by atoms with Crippen LogP contribution in [0.15, 0.2) is 46.9 Å². The predicted octanol–water partition coefficient (Wildman–Crippen LogP) is 5.55. The van der Waals surface area contributed by atoms with Crippen LogP contribution in [0.2, 0.25) is 5.02 Å². The van der Waals surface area contributed by atoms with Gasteiger partial charge in [-0.25, -0.2) is 4.79 Å². The van der Waals surface area contributed by atoms with Gasteiger partial charge in [0.05, 0.1) is 6.61 Å².